The van der Waals surface area contributed by atoms with Gasteiger partial charge in [0, 0.05) is 47.5 Å². The van der Waals surface area contributed by atoms with Crippen molar-refractivity contribution in [2.75, 3.05) is 0 Å². The van der Waals surface area contributed by atoms with Gasteiger partial charge in [-0.1, -0.05) is 109 Å². The predicted octanol–water partition coefficient (Wildman–Crippen LogP) is 12.7. The van der Waals surface area contributed by atoms with Crippen molar-refractivity contribution in [1.29, 1.82) is 0 Å². The van der Waals surface area contributed by atoms with Crippen LogP contribution in [0.4, 0.5) is 0 Å². The first-order valence-corrected chi connectivity index (χ1v) is 17.0. The maximum Gasteiger partial charge on any atom is 0.160 e. The van der Waals surface area contributed by atoms with Crippen molar-refractivity contribution in [3.63, 3.8) is 0 Å². The van der Waals surface area contributed by atoms with Crippen molar-refractivity contribution >= 4 is 96.7 Å². The zero-order valence-electron chi connectivity index (χ0n) is 25.6. The molecule has 0 bridgehead atoms. The molecule has 3 aromatic heterocycles. The maximum absolute atomic E-state index is 6.22. The lowest BCUT2D eigenvalue weighted by Gasteiger charge is -2.12. The van der Waals surface area contributed by atoms with E-state index in [-0.39, 0.29) is 0 Å². The van der Waals surface area contributed by atoms with Crippen LogP contribution in [0.3, 0.4) is 0 Å². The molecule has 0 saturated carbocycles. The summed E-state index contributed by atoms with van der Waals surface area (Å²) in [6, 6.07) is 51.8. The van der Waals surface area contributed by atoms with Crippen molar-refractivity contribution < 1.29 is 4.42 Å². The van der Waals surface area contributed by atoms with Crippen LogP contribution in [0.5, 0.6) is 0 Å². The number of para-hydroxylation sites is 2. The summed E-state index contributed by atoms with van der Waals surface area (Å²) in [6.45, 7) is 0. The molecule has 48 heavy (non-hydrogen) atoms. The zero-order valence-corrected chi connectivity index (χ0v) is 26.4. The van der Waals surface area contributed by atoms with Gasteiger partial charge in [-0.2, -0.15) is 0 Å². The maximum atomic E-state index is 6.22. The van der Waals surface area contributed by atoms with Gasteiger partial charge in [-0.3, -0.25) is 0 Å². The van der Waals surface area contributed by atoms with Gasteiger partial charge in [0.05, 0.1) is 11.2 Å². The third kappa shape index (κ3) is 3.63. The molecule has 0 unspecified atom stereocenters. The second kappa shape index (κ2) is 9.71. The molecule has 0 aliphatic carbocycles. The third-order valence-electron chi connectivity index (χ3n) is 9.86. The van der Waals surface area contributed by atoms with Crippen molar-refractivity contribution in [2.45, 2.75) is 0 Å². The number of hydrogen-bond acceptors (Lipinski definition) is 4. The van der Waals surface area contributed by atoms with Crippen LogP contribution in [0.15, 0.2) is 150 Å². The molecule has 0 atom stereocenters. The summed E-state index contributed by atoms with van der Waals surface area (Å²) in [5.74, 6) is 0.730. The summed E-state index contributed by atoms with van der Waals surface area (Å²) in [4.78, 5) is 10.4. The fourth-order valence-corrected chi connectivity index (χ4v) is 8.89. The average Bonchev–Trinajstić information content (AvgIpc) is 3.72. The summed E-state index contributed by atoms with van der Waals surface area (Å²) >= 11 is 1.83. The van der Waals surface area contributed by atoms with Gasteiger partial charge in [0.1, 0.15) is 11.2 Å². The molecule has 0 radical (unpaired) electrons. The second-order valence-electron chi connectivity index (χ2n) is 12.5. The van der Waals surface area contributed by atoms with E-state index in [1.165, 1.54) is 52.5 Å². The van der Waals surface area contributed by atoms with Crippen LogP contribution in [0.1, 0.15) is 0 Å². The van der Waals surface area contributed by atoms with Gasteiger partial charge in [0.2, 0.25) is 0 Å². The summed E-state index contributed by atoms with van der Waals surface area (Å²) in [5, 5.41) is 13.2. The minimum absolute atomic E-state index is 0.730. The Balaban J connectivity index is 1.14. The van der Waals surface area contributed by atoms with E-state index in [0.29, 0.717) is 0 Å². The molecule has 8 aromatic carbocycles. The normalized spacial score (nSPS) is 12.2. The number of thiophene rings is 1. The minimum Gasteiger partial charge on any atom is -0.456 e. The van der Waals surface area contributed by atoms with Gasteiger partial charge in [0.15, 0.2) is 5.82 Å². The van der Waals surface area contributed by atoms with Crippen LogP contribution in [-0.2, 0) is 0 Å². The van der Waals surface area contributed by atoms with Crippen molar-refractivity contribution in [3.8, 4) is 22.6 Å². The molecule has 3 heterocycles. The average molecular weight is 629 g/mol. The van der Waals surface area contributed by atoms with Gasteiger partial charge in [-0.25, -0.2) is 9.97 Å². The van der Waals surface area contributed by atoms with Crippen LogP contribution in [0.2, 0.25) is 0 Å². The minimum atomic E-state index is 0.730. The van der Waals surface area contributed by atoms with E-state index in [4.69, 9.17) is 14.4 Å². The Morgan fingerprint density at radius 2 is 1.19 bits per heavy atom. The first-order valence-electron chi connectivity index (χ1n) is 16.2. The Morgan fingerprint density at radius 1 is 0.458 bits per heavy atom. The zero-order chi connectivity index (χ0) is 31.3. The van der Waals surface area contributed by atoms with Gasteiger partial charge in [-0.05, 0) is 68.7 Å². The van der Waals surface area contributed by atoms with Gasteiger partial charge < -0.3 is 4.42 Å². The fourth-order valence-electron chi connectivity index (χ4n) is 7.68. The van der Waals surface area contributed by atoms with E-state index in [2.05, 4.69) is 133 Å². The number of fused-ring (bicyclic) bond motifs is 13. The van der Waals surface area contributed by atoms with E-state index in [1.807, 2.05) is 23.5 Å². The Kier molecular flexibility index (Phi) is 5.26. The Labute approximate surface area is 278 Å². The lowest BCUT2D eigenvalue weighted by molar-refractivity contribution is 0.669. The summed E-state index contributed by atoms with van der Waals surface area (Å²) < 4.78 is 8.76. The van der Waals surface area contributed by atoms with Crippen molar-refractivity contribution in [2.24, 2.45) is 0 Å². The van der Waals surface area contributed by atoms with Gasteiger partial charge >= 0.3 is 0 Å². The monoisotopic (exact) mass is 628 g/mol. The quantitative estimate of drug-likeness (QED) is 0.179. The largest absolute Gasteiger partial charge is 0.456 e. The first kappa shape index (κ1) is 26.0. The van der Waals surface area contributed by atoms with Crippen LogP contribution in [-0.4, -0.2) is 9.97 Å². The van der Waals surface area contributed by atoms with Crippen LogP contribution in [0.25, 0.3) is 108 Å². The van der Waals surface area contributed by atoms with E-state index in [0.717, 1.165) is 55.5 Å². The van der Waals surface area contributed by atoms with Gasteiger partial charge in [-0.15, -0.1) is 11.3 Å². The standard InChI is InChI=1S/C44H24N2OS/c1-4-13-36-33(9-1)42(35-12-7-11-32-29-8-3-6-15-39(29)48-43(32)35)46-44(45-36)27-19-20-28-26(24-27)17-16-25-18-21-31-30(40(25)28)22-23-38-41(31)34-10-2-5-14-37(34)47-38/h1-24H. The molecule has 0 amide bonds. The summed E-state index contributed by atoms with van der Waals surface area (Å²) in [7, 11) is 0. The molecule has 0 fully saturated rings. The highest BCUT2D eigenvalue weighted by Gasteiger charge is 2.18. The molecule has 0 N–H and O–H groups in total. The molecule has 4 heteroatoms. The summed E-state index contributed by atoms with van der Waals surface area (Å²) in [6.07, 6.45) is 0. The van der Waals surface area contributed by atoms with E-state index in [1.54, 1.807) is 0 Å². The first-order chi connectivity index (χ1) is 23.8. The summed E-state index contributed by atoms with van der Waals surface area (Å²) in [5.41, 5.74) is 5.89. The van der Waals surface area contributed by atoms with Crippen LogP contribution in [0, 0.1) is 0 Å². The lowest BCUT2D eigenvalue weighted by Crippen LogP contribution is -1.95. The predicted molar refractivity (Wildman–Crippen MR) is 203 cm³/mol. The van der Waals surface area contributed by atoms with E-state index < -0.39 is 0 Å². The number of furan rings is 1. The molecule has 0 aliphatic rings. The molecule has 222 valence electrons. The number of aromatic nitrogens is 2. The molecular formula is C44H24N2OS. The lowest BCUT2D eigenvalue weighted by atomic mass is 9.93. The van der Waals surface area contributed by atoms with E-state index >= 15 is 0 Å². The smallest absolute Gasteiger partial charge is 0.160 e. The number of benzene rings is 8. The highest BCUT2D eigenvalue weighted by molar-refractivity contribution is 7.26. The van der Waals surface area contributed by atoms with Gasteiger partial charge in [0.25, 0.3) is 0 Å². The Bertz CT molecular complexity index is 3130. The third-order valence-corrected chi connectivity index (χ3v) is 11.1. The molecule has 0 saturated heterocycles. The van der Waals surface area contributed by atoms with Crippen molar-refractivity contribution in [1.82, 2.24) is 9.97 Å². The van der Waals surface area contributed by atoms with E-state index in [9.17, 15) is 0 Å². The fraction of sp³-hybridized carbons (Fsp3) is 0. The molecule has 11 rings (SSSR count). The van der Waals surface area contributed by atoms with Crippen LogP contribution < -0.4 is 0 Å². The van der Waals surface area contributed by atoms with Crippen LogP contribution >= 0.6 is 11.3 Å². The highest BCUT2D eigenvalue weighted by Crippen LogP contribution is 2.43. The highest BCUT2D eigenvalue weighted by atomic mass is 32.1. The topological polar surface area (TPSA) is 38.9 Å². The second-order valence-corrected chi connectivity index (χ2v) is 13.5. The molecular weight excluding hydrogens is 605 g/mol. The number of hydrogen-bond donors (Lipinski definition) is 0. The Hall–Kier alpha value is -6.10. The number of rotatable bonds is 2. The molecule has 11 aromatic rings. The molecule has 0 aliphatic heterocycles. The SMILES string of the molecule is c1ccc2c(-c3cccc4c3sc3ccccc34)nc(-c3ccc4c(ccc5ccc6c(ccc7oc8ccccc8c76)c54)c3)nc2c1. The molecule has 3 nitrogen and oxygen atoms in total. The molecule has 0 spiro atoms. The van der Waals surface area contributed by atoms with Crippen molar-refractivity contribution in [3.05, 3.63) is 146 Å². The Morgan fingerprint density at radius 3 is 2.15 bits per heavy atom. The number of nitrogens with zero attached hydrogens (tertiary/aromatic N) is 2.